The molecular weight excluding hydrogens is 313 g/mol. The van der Waals surface area contributed by atoms with Crippen molar-refractivity contribution in [2.75, 3.05) is 5.32 Å². The Morgan fingerprint density at radius 1 is 1.17 bits per heavy atom. The Morgan fingerprint density at radius 3 is 2.58 bits per heavy atom. The normalized spacial score (nSPS) is 10.8. The van der Waals surface area contributed by atoms with Crippen molar-refractivity contribution >= 4 is 22.4 Å². The van der Waals surface area contributed by atoms with Gasteiger partial charge in [0.1, 0.15) is 12.4 Å². The zero-order chi connectivity index (χ0) is 17.3. The summed E-state index contributed by atoms with van der Waals surface area (Å²) in [5.74, 6) is -0.904. The fourth-order valence-electron chi connectivity index (χ4n) is 2.46. The van der Waals surface area contributed by atoms with Crippen molar-refractivity contribution in [1.82, 2.24) is 9.78 Å². The molecule has 122 valence electrons. The number of aryl methyl sites for hydroxylation is 1. The Balaban J connectivity index is 1.90. The van der Waals surface area contributed by atoms with E-state index in [1.807, 2.05) is 0 Å². The summed E-state index contributed by atoms with van der Waals surface area (Å²) in [7, 11) is 0. The molecule has 0 aliphatic heterocycles. The van der Waals surface area contributed by atoms with Crippen molar-refractivity contribution in [2.45, 2.75) is 13.5 Å². The molecule has 1 aromatic heterocycles. The third-order valence-corrected chi connectivity index (χ3v) is 3.65. The molecule has 0 radical (unpaired) electrons. The molecular formula is C17H14FN3O3. The molecule has 0 aliphatic rings. The van der Waals surface area contributed by atoms with Crippen molar-refractivity contribution in [2.24, 2.45) is 0 Å². The standard InChI is InChI=1S/C17H14FN3O3/c1-10-8-11(18)6-7-14(10)19-15(22)9-21-17(24)13-5-3-2-4-12(13)16(23)20-21/h2-8H,9H2,1H3,(H,19,22)(H,20,23). The molecule has 0 atom stereocenters. The van der Waals surface area contributed by atoms with Crippen molar-refractivity contribution in [1.29, 1.82) is 0 Å². The Kier molecular flexibility index (Phi) is 3.99. The van der Waals surface area contributed by atoms with Gasteiger partial charge >= 0.3 is 0 Å². The number of hydrogen-bond acceptors (Lipinski definition) is 3. The fraction of sp³-hybridized carbons (Fsp3) is 0.118. The van der Waals surface area contributed by atoms with Gasteiger partial charge in [-0.05, 0) is 42.8 Å². The Hall–Kier alpha value is -3.22. The fourth-order valence-corrected chi connectivity index (χ4v) is 2.46. The molecule has 2 N–H and O–H groups in total. The minimum Gasteiger partial charge on any atom is -0.324 e. The van der Waals surface area contributed by atoms with Crippen molar-refractivity contribution in [3.63, 3.8) is 0 Å². The van der Waals surface area contributed by atoms with Crippen LogP contribution in [0, 0.1) is 12.7 Å². The number of carbonyl (C=O) groups excluding carboxylic acids is 1. The molecule has 24 heavy (non-hydrogen) atoms. The first-order chi connectivity index (χ1) is 11.5. The van der Waals surface area contributed by atoms with Gasteiger partial charge in [0.05, 0.1) is 10.8 Å². The van der Waals surface area contributed by atoms with Gasteiger partial charge in [-0.3, -0.25) is 19.5 Å². The lowest BCUT2D eigenvalue weighted by atomic mass is 10.2. The van der Waals surface area contributed by atoms with Crippen LogP contribution in [0.1, 0.15) is 5.56 Å². The number of nitrogens with zero attached hydrogens (tertiary/aromatic N) is 1. The summed E-state index contributed by atoms with van der Waals surface area (Å²) in [5, 5.41) is 5.49. The van der Waals surface area contributed by atoms with E-state index in [4.69, 9.17) is 0 Å². The smallest absolute Gasteiger partial charge is 0.273 e. The highest BCUT2D eigenvalue weighted by molar-refractivity contribution is 5.91. The molecule has 2 aromatic carbocycles. The van der Waals surface area contributed by atoms with Crippen molar-refractivity contribution in [3.8, 4) is 0 Å². The van der Waals surface area contributed by atoms with E-state index in [0.717, 1.165) is 4.68 Å². The minimum absolute atomic E-state index is 0.243. The number of H-pyrrole nitrogens is 1. The number of nitrogens with one attached hydrogen (secondary N) is 2. The summed E-state index contributed by atoms with van der Waals surface area (Å²) in [5.41, 5.74) is 0.0902. The third kappa shape index (κ3) is 2.96. The predicted octanol–water partition coefficient (Wildman–Crippen LogP) is 1.78. The minimum atomic E-state index is -0.502. The SMILES string of the molecule is Cc1cc(F)ccc1NC(=O)Cn1[nH]c(=O)c2ccccc2c1=O. The van der Waals surface area contributed by atoms with E-state index < -0.39 is 22.8 Å². The van der Waals surface area contributed by atoms with Gasteiger partial charge in [0.15, 0.2) is 0 Å². The number of hydrogen-bond donors (Lipinski definition) is 2. The number of anilines is 1. The molecule has 3 aromatic rings. The number of halogens is 1. The molecule has 6 nitrogen and oxygen atoms in total. The van der Waals surface area contributed by atoms with E-state index >= 15 is 0 Å². The summed E-state index contributed by atoms with van der Waals surface area (Å²) in [6.45, 7) is 1.30. The van der Waals surface area contributed by atoms with Crippen LogP contribution >= 0.6 is 0 Å². The molecule has 3 rings (SSSR count). The van der Waals surface area contributed by atoms with Crippen LogP contribution in [0.15, 0.2) is 52.1 Å². The van der Waals surface area contributed by atoms with Crippen molar-refractivity contribution < 1.29 is 9.18 Å². The molecule has 0 aliphatic carbocycles. The van der Waals surface area contributed by atoms with Gasteiger partial charge in [-0.2, -0.15) is 0 Å². The van der Waals surface area contributed by atoms with Gasteiger partial charge in [0.2, 0.25) is 5.91 Å². The molecule has 1 heterocycles. The number of benzene rings is 2. The summed E-state index contributed by atoms with van der Waals surface area (Å²) >= 11 is 0. The van der Waals surface area contributed by atoms with E-state index in [1.54, 1.807) is 25.1 Å². The lowest BCUT2D eigenvalue weighted by molar-refractivity contribution is -0.117. The number of fused-ring (bicyclic) bond motifs is 1. The van der Waals surface area contributed by atoms with Crippen molar-refractivity contribution in [3.05, 3.63) is 74.6 Å². The lowest BCUT2D eigenvalue weighted by Crippen LogP contribution is -2.34. The zero-order valence-electron chi connectivity index (χ0n) is 12.8. The molecule has 7 heteroatoms. The van der Waals surface area contributed by atoms with E-state index in [9.17, 15) is 18.8 Å². The van der Waals surface area contributed by atoms with Crippen LogP contribution in [0.5, 0.6) is 0 Å². The first kappa shape index (κ1) is 15.7. The highest BCUT2D eigenvalue weighted by Crippen LogP contribution is 2.15. The van der Waals surface area contributed by atoms with Crippen LogP contribution in [-0.2, 0) is 11.3 Å². The molecule has 0 fully saturated rings. The Bertz CT molecular complexity index is 1050. The van der Waals surface area contributed by atoms with Gasteiger partial charge in [-0.15, -0.1) is 0 Å². The maximum Gasteiger partial charge on any atom is 0.273 e. The third-order valence-electron chi connectivity index (χ3n) is 3.65. The van der Waals surface area contributed by atoms with E-state index in [0.29, 0.717) is 11.3 Å². The highest BCUT2D eigenvalue weighted by atomic mass is 19.1. The van der Waals surface area contributed by atoms with Gasteiger partial charge in [0.25, 0.3) is 11.1 Å². The second-order valence-electron chi connectivity index (χ2n) is 5.39. The molecule has 0 unspecified atom stereocenters. The monoisotopic (exact) mass is 327 g/mol. The number of amides is 1. The summed E-state index contributed by atoms with van der Waals surface area (Å²) in [6.07, 6.45) is 0. The second-order valence-corrected chi connectivity index (χ2v) is 5.39. The van der Waals surface area contributed by atoms with Crippen LogP contribution in [0.3, 0.4) is 0 Å². The van der Waals surface area contributed by atoms with Gasteiger partial charge in [-0.25, -0.2) is 9.07 Å². The van der Waals surface area contributed by atoms with Gasteiger partial charge < -0.3 is 5.32 Å². The van der Waals surface area contributed by atoms with E-state index in [1.165, 1.54) is 24.3 Å². The quantitative estimate of drug-likeness (QED) is 0.769. The van der Waals surface area contributed by atoms with Crippen LogP contribution in [0.25, 0.3) is 10.8 Å². The summed E-state index contributed by atoms with van der Waals surface area (Å²) in [6, 6.07) is 10.3. The Labute approximate surface area is 135 Å². The largest absolute Gasteiger partial charge is 0.324 e. The highest BCUT2D eigenvalue weighted by Gasteiger charge is 2.11. The average molecular weight is 327 g/mol. The van der Waals surface area contributed by atoms with Gasteiger partial charge in [0, 0.05) is 5.69 Å². The first-order valence-electron chi connectivity index (χ1n) is 7.23. The number of rotatable bonds is 3. The summed E-state index contributed by atoms with van der Waals surface area (Å²) < 4.78 is 14.0. The van der Waals surface area contributed by atoms with Crippen LogP contribution < -0.4 is 16.4 Å². The summed E-state index contributed by atoms with van der Waals surface area (Å²) in [4.78, 5) is 36.5. The lowest BCUT2D eigenvalue weighted by Gasteiger charge is -2.10. The topological polar surface area (TPSA) is 84.0 Å². The number of aromatic nitrogens is 2. The molecule has 0 saturated heterocycles. The van der Waals surface area contributed by atoms with Crippen LogP contribution in [0.2, 0.25) is 0 Å². The maximum atomic E-state index is 13.1. The average Bonchev–Trinajstić information content (AvgIpc) is 2.55. The van der Waals surface area contributed by atoms with E-state index in [2.05, 4.69) is 10.4 Å². The Morgan fingerprint density at radius 2 is 1.88 bits per heavy atom. The predicted molar refractivity (Wildman–Crippen MR) is 88.6 cm³/mol. The molecule has 0 saturated carbocycles. The first-order valence-corrected chi connectivity index (χ1v) is 7.23. The number of aromatic amines is 1. The molecule has 0 spiro atoms. The second kappa shape index (κ2) is 6.11. The zero-order valence-corrected chi connectivity index (χ0v) is 12.8. The maximum absolute atomic E-state index is 13.1. The molecule has 1 amide bonds. The van der Waals surface area contributed by atoms with E-state index in [-0.39, 0.29) is 17.3 Å². The number of carbonyl (C=O) groups is 1. The molecule has 0 bridgehead atoms. The van der Waals surface area contributed by atoms with Crippen LogP contribution in [-0.4, -0.2) is 15.7 Å². The van der Waals surface area contributed by atoms with Gasteiger partial charge in [-0.1, -0.05) is 12.1 Å². The van der Waals surface area contributed by atoms with Crippen LogP contribution in [0.4, 0.5) is 10.1 Å².